The number of nitrogens with zero attached hydrogens (tertiary/aromatic N) is 4. The Balaban J connectivity index is 1.92. The van der Waals surface area contributed by atoms with Crippen LogP contribution in [0, 0.1) is 0 Å². The predicted octanol–water partition coefficient (Wildman–Crippen LogP) is 3.41. The normalized spacial score (nSPS) is 11.7. The van der Waals surface area contributed by atoms with Gasteiger partial charge < -0.3 is 5.32 Å². The van der Waals surface area contributed by atoms with E-state index in [9.17, 15) is 0 Å². The molecular formula is C16H25N5S. The van der Waals surface area contributed by atoms with Crippen molar-refractivity contribution in [3.63, 3.8) is 0 Å². The summed E-state index contributed by atoms with van der Waals surface area (Å²) in [6, 6.07) is 0. The van der Waals surface area contributed by atoms with Gasteiger partial charge in [0.2, 0.25) is 5.95 Å². The minimum atomic E-state index is 0.112. The molecule has 0 amide bonds. The van der Waals surface area contributed by atoms with Gasteiger partial charge in [-0.2, -0.15) is 5.10 Å². The zero-order valence-electron chi connectivity index (χ0n) is 14.1. The molecule has 0 spiro atoms. The molecule has 2 aromatic rings. The summed E-state index contributed by atoms with van der Waals surface area (Å²) in [6.07, 6.45) is 2.63. The summed E-state index contributed by atoms with van der Waals surface area (Å²) in [5, 5.41) is 14.9. The molecule has 2 aromatic heterocycles. The van der Waals surface area contributed by atoms with Gasteiger partial charge in [-0.05, 0) is 12.8 Å². The van der Waals surface area contributed by atoms with Crippen LogP contribution in [0.15, 0.2) is 5.38 Å². The molecule has 0 atom stereocenters. The highest BCUT2D eigenvalue weighted by Gasteiger charge is 2.17. The van der Waals surface area contributed by atoms with E-state index < -0.39 is 0 Å². The third-order valence-corrected chi connectivity index (χ3v) is 4.36. The molecule has 120 valence electrons. The second-order valence-corrected chi connectivity index (χ2v) is 7.23. The first kappa shape index (κ1) is 16.8. The molecule has 1 N–H and O–H groups in total. The molecule has 2 rings (SSSR count). The topological polar surface area (TPSA) is 63.6 Å². The summed E-state index contributed by atoms with van der Waals surface area (Å²) in [5.41, 5.74) is 3.29. The van der Waals surface area contributed by atoms with Crippen LogP contribution in [0.5, 0.6) is 0 Å². The number of aryl methyl sites for hydroxylation is 2. The van der Waals surface area contributed by atoms with Crippen molar-refractivity contribution in [1.29, 1.82) is 0 Å². The van der Waals surface area contributed by atoms with Gasteiger partial charge in [-0.3, -0.25) is 0 Å². The summed E-state index contributed by atoms with van der Waals surface area (Å²) < 4.78 is 0. The van der Waals surface area contributed by atoms with Crippen LogP contribution >= 0.6 is 11.3 Å². The van der Waals surface area contributed by atoms with E-state index in [1.807, 2.05) is 0 Å². The van der Waals surface area contributed by atoms with Gasteiger partial charge >= 0.3 is 0 Å². The SMILES string of the molecule is CCc1nnc(NCCc2nc(C(C)(C)C)cs2)nc1CC. The van der Waals surface area contributed by atoms with Crippen molar-refractivity contribution in [3.8, 4) is 0 Å². The van der Waals surface area contributed by atoms with Gasteiger partial charge in [0.1, 0.15) is 0 Å². The van der Waals surface area contributed by atoms with E-state index in [-0.39, 0.29) is 5.41 Å². The molecule has 0 unspecified atom stereocenters. The highest BCUT2D eigenvalue weighted by Crippen LogP contribution is 2.24. The molecular weight excluding hydrogens is 294 g/mol. The Morgan fingerprint density at radius 2 is 1.77 bits per heavy atom. The number of hydrogen-bond donors (Lipinski definition) is 1. The first-order valence-corrected chi connectivity index (χ1v) is 8.73. The quantitative estimate of drug-likeness (QED) is 0.884. The van der Waals surface area contributed by atoms with Crippen molar-refractivity contribution < 1.29 is 0 Å². The van der Waals surface area contributed by atoms with Crippen LogP contribution in [-0.2, 0) is 24.7 Å². The molecule has 0 aromatic carbocycles. The van der Waals surface area contributed by atoms with Crippen LogP contribution < -0.4 is 5.32 Å². The molecule has 0 aliphatic heterocycles. The Morgan fingerprint density at radius 3 is 2.36 bits per heavy atom. The molecule has 22 heavy (non-hydrogen) atoms. The molecule has 0 radical (unpaired) electrons. The van der Waals surface area contributed by atoms with E-state index in [2.05, 4.69) is 60.5 Å². The molecule has 6 heteroatoms. The third-order valence-electron chi connectivity index (χ3n) is 3.45. The van der Waals surface area contributed by atoms with Gasteiger partial charge in [0.15, 0.2) is 0 Å². The summed E-state index contributed by atoms with van der Waals surface area (Å²) >= 11 is 1.72. The Morgan fingerprint density at radius 1 is 1.05 bits per heavy atom. The minimum Gasteiger partial charge on any atom is -0.352 e. The fourth-order valence-corrected chi connectivity index (χ4v) is 3.09. The average Bonchev–Trinajstić information content (AvgIpc) is 2.96. The lowest BCUT2D eigenvalue weighted by Gasteiger charge is -2.14. The lowest BCUT2D eigenvalue weighted by atomic mass is 9.93. The summed E-state index contributed by atoms with van der Waals surface area (Å²) in [5.74, 6) is 0.613. The Labute approximate surface area is 136 Å². The second kappa shape index (κ2) is 7.13. The summed E-state index contributed by atoms with van der Waals surface area (Å²) in [7, 11) is 0. The zero-order valence-corrected chi connectivity index (χ0v) is 14.9. The van der Waals surface area contributed by atoms with E-state index in [0.717, 1.165) is 47.9 Å². The zero-order chi connectivity index (χ0) is 16.2. The van der Waals surface area contributed by atoms with E-state index in [1.54, 1.807) is 11.3 Å². The second-order valence-electron chi connectivity index (χ2n) is 6.29. The summed E-state index contributed by atoms with van der Waals surface area (Å²) in [6.45, 7) is 11.5. The molecule has 0 saturated heterocycles. The Bertz CT molecular complexity index is 615. The van der Waals surface area contributed by atoms with Gasteiger partial charge in [0, 0.05) is 23.8 Å². The Hall–Kier alpha value is -1.56. The highest BCUT2D eigenvalue weighted by atomic mass is 32.1. The van der Waals surface area contributed by atoms with Gasteiger partial charge in [-0.25, -0.2) is 9.97 Å². The van der Waals surface area contributed by atoms with Crippen molar-refractivity contribution in [2.24, 2.45) is 0 Å². The first-order valence-electron chi connectivity index (χ1n) is 7.85. The molecule has 0 aliphatic rings. The number of nitrogens with one attached hydrogen (secondary N) is 1. The molecule has 0 fully saturated rings. The highest BCUT2D eigenvalue weighted by molar-refractivity contribution is 7.09. The maximum atomic E-state index is 4.70. The number of anilines is 1. The van der Waals surface area contributed by atoms with Crippen LogP contribution in [-0.4, -0.2) is 26.7 Å². The molecule has 0 aliphatic carbocycles. The number of aromatic nitrogens is 4. The molecule has 5 nitrogen and oxygen atoms in total. The van der Waals surface area contributed by atoms with E-state index in [0.29, 0.717) is 5.95 Å². The van der Waals surface area contributed by atoms with Crippen molar-refractivity contribution in [1.82, 2.24) is 20.2 Å². The van der Waals surface area contributed by atoms with Gasteiger partial charge in [0.05, 0.1) is 22.1 Å². The molecule has 2 heterocycles. The van der Waals surface area contributed by atoms with Crippen LogP contribution in [0.25, 0.3) is 0 Å². The van der Waals surface area contributed by atoms with Gasteiger partial charge in [-0.1, -0.05) is 34.6 Å². The summed E-state index contributed by atoms with van der Waals surface area (Å²) in [4.78, 5) is 9.23. The van der Waals surface area contributed by atoms with Gasteiger partial charge in [0.25, 0.3) is 0 Å². The van der Waals surface area contributed by atoms with E-state index in [1.165, 1.54) is 0 Å². The maximum absolute atomic E-state index is 4.70. The van der Waals surface area contributed by atoms with Crippen LogP contribution in [0.4, 0.5) is 5.95 Å². The van der Waals surface area contributed by atoms with Crippen LogP contribution in [0.1, 0.15) is 56.7 Å². The lowest BCUT2D eigenvalue weighted by molar-refractivity contribution is 0.571. The fraction of sp³-hybridized carbons (Fsp3) is 0.625. The average molecular weight is 319 g/mol. The number of rotatable bonds is 6. The van der Waals surface area contributed by atoms with E-state index >= 15 is 0 Å². The van der Waals surface area contributed by atoms with Crippen molar-refractivity contribution in [2.75, 3.05) is 11.9 Å². The standard InChI is InChI=1S/C16H25N5S/c1-6-11-12(7-2)20-21-15(18-11)17-9-8-14-19-13(10-22-14)16(3,4)5/h10H,6-9H2,1-5H3,(H,17,18,21). The fourth-order valence-electron chi connectivity index (χ4n) is 2.06. The Kier molecular flexibility index (Phi) is 5.45. The van der Waals surface area contributed by atoms with Crippen molar-refractivity contribution in [2.45, 2.75) is 59.3 Å². The van der Waals surface area contributed by atoms with E-state index in [4.69, 9.17) is 4.98 Å². The molecule has 0 bridgehead atoms. The van der Waals surface area contributed by atoms with Crippen molar-refractivity contribution >= 4 is 17.3 Å². The largest absolute Gasteiger partial charge is 0.352 e. The van der Waals surface area contributed by atoms with Crippen LogP contribution in [0.2, 0.25) is 0 Å². The maximum Gasteiger partial charge on any atom is 0.242 e. The van der Waals surface area contributed by atoms with Crippen LogP contribution in [0.3, 0.4) is 0 Å². The van der Waals surface area contributed by atoms with Crippen molar-refractivity contribution in [3.05, 3.63) is 27.5 Å². The molecule has 0 saturated carbocycles. The third kappa shape index (κ3) is 4.22. The van der Waals surface area contributed by atoms with Gasteiger partial charge in [-0.15, -0.1) is 16.4 Å². The lowest BCUT2D eigenvalue weighted by Crippen LogP contribution is -2.13. The monoisotopic (exact) mass is 319 g/mol. The smallest absolute Gasteiger partial charge is 0.242 e. The number of thiazole rings is 1. The predicted molar refractivity (Wildman–Crippen MR) is 91.6 cm³/mol. The minimum absolute atomic E-state index is 0.112. The first-order chi connectivity index (χ1) is 10.4. The number of hydrogen-bond acceptors (Lipinski definition) is 6.